The molecule has 0 aliphatic carbocycles. The molecule has 2 heteroatoms. The van der Waals surface area contributed by atoms with Crippen LogP contribution in [-0.2, 0) is 4.74 Å². The molecular formula is C19H38OS. The van der Waals surface area contributed by atoms with E-state index in [-0.39, 0.29) is 0 Å². The molecule has 1 nitrogen and oxygen atoms in total. The van der Waals surface area contributed by atoms with Gasteiger partial charge in [-0.2, -0.15) is 0 Å². The molecule has 21 heavy (non-hydrogen) atoms. The molecule has 0 saturated carbocycles. The highest BCUT2D eigenvalue weighted by molar-refractivity contribution is 7.78. The molecule has 0 radical (unpaired) electrons. The molecule has 0 heterocycles. The number of rotatable bonds is 18. The highest BCUT2D eigenvalue weighted by Gasteiger charge is 1.94. The molecule has 0 aromatic heterocycles. The first-order valence-corrected chi connectivity index (χ1v) is 9.94. The molecule has 0 spiro atoms. The lowest BCUT2D eigenvalue weighted by Crippen LogP contribution is -1.90. The fraction of sp³-hybridized carbons (Fsp3) is 0.947. The van der Waals surface area contributed by atoms with Crippen LogP contribution in [0.3, 0.4) is 0 Å². The second-order valence-electron chi connectivity index (χ2n) is 6.27. The molecule has 0 aromatic carbocycles. The maximum atomic E-state index is 5.04. The average Bonchev–Trinajstić information content (AvgIpc) is 2.50. The Morgan fingerprint density at radius 1 is 0.571 bits per heavy atom. The molecule has 0 N–H and O–H groups in total. The number of hydrogen-bond acceptors (Lipinski definition) is 2. The third kappa shape index (κ3) is 19.9. The maximum Gasteiger partial charge on any atom is 0.146 e. The van der Waals surface area contributed by atoms with Gasteiger partial charge in [0.1, 0.15) is 5.55 Å². The SMILES string of the molecule is CCCCCCCCCCCCCCCCCCOC=S. The summed E-state index contributed by atoms with van der Waals surface area (Å²) in [7, 11) is 0. The van der Waals surface area contributed by atoms with Crippen LogP contribution in [0.15, 0.2) is 0 Å². The quantitative estimate of drug-likeness (QED) is 0.195. The molecule has 0 rings (SSSR count). The van der Waals surface area contributed by atoms with E-state index in [1.165, 1.54) is 102 Å². The zero-order chi connectivity index (χ0) is 15.4. The second-order valence-corrected chi connectivity index (χ2v) is 6.46. The summed E-state index contributed by atoms with van der Waals surface area (Å²) in [5, 5.41) is 0. The Bertz CT molecular complexity index is 194. The molecule has 0 atom stereocenters. The van der Waals surface area contributed by atoms with E-state index in [1.54, 1.807) is 0 Å². The van der Waals surface area contributed by atoms with E-state index < -0.39 is 0 Å². The Morgan fingerprint density at radius 2 is 0.905 bits per heavy atom. The van der Waals surface area contributed by atoms with Gasteiger partial charge in [0.2, 0.25) is 0 Å². The van der Waals surface area contributed by atoms with E-state index in [4.69, 9.17) is 4.74 Å². The van der Waals surface area contributed by atoms with Gasteiger partial charge < -0.3 is 4.74 Å². The van der Waals surface area contributed by atoms with Crippen LogP contribution in [0.5, 0.6) is 0 Å². The summed E-state index contributed by atoms with van der Waals surface area (Å²) in [6.45, 7) is 3.09. The zero-order valence-electron chi connectivity index (χ0n) is 14.4. The second kappa shape index (κ2) is 19.9. The Balaban J connectivity index is 2.91. The van der Waals surface area contributed by atoms with Crippen molar-refractivity contribution < 1.29 is 4.74 Å². The Kier molecular flexibility index (Phi) is 19.8. The minimum atomic E-state index is 0.807. The lowest BCUT2D eigenvalue weighted by molar-refractivity contribution is 0.312. The van der Waals surface area contributed by atoms with Crippen LogP contribution >= 0.6 is 12.2 Å². The van der Waals surface area contributed by atoms with Crippen LogP contribution in [-0.4, -0.2) is 12.2 Å². The van der Waals surface area contributed by atoms with Gasteiger partial charge in [-0.1, -0.05) is 103 Å². The minimum absolute atomic E-state index is 0.807. The average molecular weight is 315 g/mol. The van der Waals surface area contributed by atoms with Gasteiger partial charge in [0.25, 0.3) is 0 Å². The van der Waals surface area contributed by atoms with Gasteiger partial charge in [-0.25, -0.2) is 0 Å². The lowest BCUT2D eigenvalue weighted by Gasteiger charge is -2.03. The number of ether oxygens (including phenoxy) is 1. The van der Waals surface area contributed by atoms with E-state index in [9.17, 15) is 0 Å². The molecule has 0 unspecified atom stereocenters. The van der Waals surface area contributed by atoms with E-state index in [0.717, 1.165) is 13.0 Å². The lowest BCUT2D eigenvalue weighted by atomic mass is 10.0. The first-order valence-electron chi connectivity index (χ1n) is 9.47. The highest BCUT2D eigenvalue weighted by Crippen LogP contribution is 2.13. The molecule has 0 aromatic rings. The number of unbranched alkanes of at least 4 members (excludes halogenated alkanes) is 15. The highest BCUT2D eigenvalue weighted by atomic mass is 32.1. The summed E-state index contributed by atoms with van der Waals surface area (Å²) < 4.78 is 5.04. The summed E-state index contributed by atoms with van der Waals surface area (Å²) >= 11 is 4.61. The van der Waals surface area contributed by atoms with Crippen molar-refractivity contribution in [3.05, 3.63) is 0 Å². The van der Waals surface area contributed by atoms with Crippen LogP contribution in [0.2, 0.25) is 0 Å². The van der Waals surface area contributed by atoms with E-state index in [2.05, 4.69) is 19.1 Å². The molecule has 126 valence electrons. The molecule has 0 amide bonds. The van der Waals surface area contributed by atoms with Gasteiger partial charge in [0.15, 0.2) is 0 Å². The number of thiocarbonyl (C=S) groups is 1. The Labute approximate surface area is 139 Å². The standard InChI is InChI=1S/C19H38OS/c1-2-3-4-5-6-7-8-9-10-11-12-13-14-15-16-17-18-20-19-21/h19H,2-18H2,1H3. The fourth-order valence-electron chi connectivity index (χ4n) is 2.78. The summed E-state index contributed by atoms with van der Waals surface area (Å²) in [4.78, 5) is 0. The van der Waals surface area contributed by atoms with E-state index >= 15 is 0 Å². The van der Waals surface area contributed by atoms with Gasteiger partial charge >= 0.3 is 0 Å². The van der Waals surface area contributed by atoms with Crippen LogP contribution < -0.4 is 0 Å². The molecule has 0 aliphatic heterocycles. The summed E-state index contributed by atoms with van der Waals surface area (Å²) in [5.74, 6) is 0. The predicted octanol–water partition coefficient (Wildman–Crippen LogP) is 7.22. The summed E-state index contributed by atoms with van der Waals surface area (Å²) in [6.07, 6.45) is 22.5. The first-order chi connectivity index (χ1) is 10.4. The third-order valence-corrected chi connectivity index (χ3v) is 4.32. The van der Waals surface area contributed by atoms with Crippen LogP contribution in [0.4, 0.5) is 0 Å². The van der Waals surface area contributed by atoms with Crippen molar-refractivity contribution in [2.45, 2.75) is 110 Å². The zero-order valence-corrected chi connectivity index (χ0v) is 15.2. The molecule has 0 saturated heterocycles. The molecular weight excluding hydrogens is 276 g/mol. The first kappa shape index (κ1) is 20.9. The minimum Gasteiger partial charge on any atom is -0.490 e. The number of hydrogen-bond donors (Lipinski definition) is 0. The van der Waals surface area contributed by atoms with Crippen LogP contribution in [0, 0.1) is 0 Å². The monoisotopic (exact) mass is 314 g/mol. The van der Waals surface area contributed by atoms with Crippen molar-refractivity contribution in [2.75, 3.05) is 6.61 Å². The third-order valence-electron chi connectivity index (χ3n) is 4.18. The van der Waals surface area contributed by atoms with Gasteiger partial charge in [-0.05, 0) is 18.6 Å². The van der Waals surface area contributed by atoms with E-state index in [0.29, 0.717) is 0 Å². The van der Waals surface area contributed by atoms with Gasteiger partial charge in [-0.3, -0.25) is 0 Å². The van der Waals surface area contributed by atoms with Gasteiger partial charge in [0, 0.05) is 0 Å². The molecule has 0 bridgehead atoms. The van der Waals surface area contributed by atoms with Crippen molar-refractivity contribution in [3.8, 4) is 0 Å². The predicted molar refractivity (Wildman–Crippen MR) is 99.2 cm³/mol. The molecule has 0 fully saturated rings. The smallest absolute Gasteiger partial charge is 0.146 e. The summed E-state index contributed by atoms with van der Waals surface area (Å²) in [6, 6.07) is 0. The fourth-order valence-corrected chi connectivity index (χ4v) is 2.88. The molecule has 0 aliphatic rings. The van der Waals surface area contributed by atoms with E-state index in [1.807, 2.05) is 0 Å². The van der Waals surface area contributed by atoms with Crippen LogP contribution in [0.1, 0.15) is 110 Å². The topological polar surface area (TPSA) is 9.23 Å². The van der Waals surface area contributed by atoms with Crippen molar-refractivity contribution in [2.24, 2.45) is 0 Å². The van der Waals surface area contributed by atoms with Crippen molar-refractivity contribution >= 4 is 17.8 Å². The largest absolute Gasteiger partial charge is 0.490 e. The maximum absolute atomic E-state index is 5.04. The van der Waals surface area contributed by atoms with Gasteiger partial charge in [0.05, 0.1) is 6.61 Å². The van der Waals surface area contributed by atoms with Crippen molar-refractivity contribution in [3.63, 3.8) is 0 Å². The normalized spacial score (nSPS) is 10.7. The van der Waals surface area contributed by atoms with Gasteiger partial charge in [-0.15, -0.1) is 0 Å². The summed E-state index contributed by atoms with van der Waals surface area (Å²) in [5.41, 5.74) is 1.38. The van der Waals surface area contributed by atoms with Crippen LogP contribution in [0.25, 0.3) is 0 Å². The van der Waals surface area contributed by atoms with Crippen molar-refractivity contribution in [1.29, 1.82) is 0 Å². The Morgan fingerprint density at radius 3 is 1.24 bits per heavy atom. The Hall–Kier alpha value is -0.110. The van der Waals surface area contributed by atoms with Crippen molar-refractivity contribution in [1.82, 2.24) is 0 Å².